The van der Waals surface area contributed by atoms with Crippen molar-refractivity contribution in [1.29, 1.82) is 0 Å². The van der Waals surface area contributed by atoms with Gasteiger partial charge in [-0.15, -0.1) is 0 Å². The molecule has 0 bridgehead atoms. The van der Waals surface area contributed by atoms with Crippen LogP contribution in [0.4, 0.5) is 10.5 Å². The third-order valence-electron chi connectivity index (χ3n) is 10.5. The Balaban J connectivity index is 1.07. The highest BCUT2D eigenvalue weighted by atomic mass is 16.5. The fraction of sp³-hybridized carbons (Fsp3) is 0.366. The smallest absolute Gasteiger partial charge is 0.407 e. The Labute approximate surface area is 319 Å². The lowest BCUT2D eigenvalue weighted by molar-refractivity contribution is -0.137. The number of imidazole rings is 1. The molecule has 0 radical (unpaired) electrons. The molecule has 4 heterocycles. The zero-order valence-electron chi connectivity index (χ0n) is 31.7. The fourth-order valence-electron chi connectivity index (χ4n) is 7.64. The van der Waals surface area contributed by atoms with Crippen LogP contribution in [0.1, 0.15) is 61.6 Å². The molecule has 3 aromatic carbocycles. The second kappa shape index (κ2) is 15.8. The molecule has 14 heteroatoms. The molecule has 0 unspecified atom stereocenters. The van der Waals surface area contributed by atoms with Gasteiger partial charge in [-0.3, -0.25) is 24.6 Å². The van der Waals surface area contributed by atoms with E-state index in [0.717, 1.165) is 64.1 Å². The second-order valence-corrected chi connectivity index (χ2v) is 14.4. The van der Waals surface area contributed by atoms with E-state index in [0.29, 0.717) is 31.2 Å². The maximum atomic E-state index is 14.0. The zero-order chi connectivity index (χ0) is 38.8. The van der Waals surface area contributed by atoms with Crippen LogP contribution in [0.5, 0.6) is 0 Å². The second-order valence-electron chi connectivity index (χ2n) is 14.4. The number of aryl methyl sites for hydroxylation is 1. The topological polar surface area (TPSA) is 166 Å². The van der Waals surface area contributed by atoms with E-state index >= 15 is 0 Å². The molecule has 3 N–H and O–H groups in total. The number of imide groups is 1. The average molecular weight is 747 g/mol. The van der Waals surface area contributed by atoms with Gasteiger partial charge >= 0.3 is 6.09 Å². The Bertz CT molecular complexity index is 2210. The van der Waals surface area contributed by atoms with Gasteiger partial charge in [-0.25, -0.2) is 14.8 Å². The molecule has 286 valence electrons. The van der Waals surface area contributed by atoms with E-state index in [4.69, 9.17) is 9.40 Å². The molecular weight excluding hydrogens is 701 g/mol. The minimum atomic E-state index is -0.943. The number of aromatic amines is 1. The molecule has 2 fully saturated rings. The van der Waals surface area contributed by atoms with E-state index in [-0.39, 0.29) is 18.0 Å². The average Bonchev–Trinajstić information content (AvgIpc) is 4.01. The quantitative estimate of drug-likeness (QED) is 0.166. The van der Waals surface area contributed by atoms with E-state index in [1.165, 1.54) is 14.0 Å². The highest BCUT2D eigenvalue weighted by molar-refractivity contribution is 6.02. The molecule has 55 heavy (non-hydrogen) atoms. The van der Waals surface area contributed by atoms with Gasteiger partial charge in [0.1, 0.15) is 23.9 Å². The number of fused-ring (bicyclic) bond motifs is 1. The summed E-state index contributed by atoms with van der Waals surface area (Å²) >= 11 is 0. The van der Waals surface area contributed by atoms with Crippen molar-refractivity contribution in [2.75, 3.05) is 39.2 Å². The van der Waals surface area contributed by atoms with Crippen molar-refractivity contribution in [3.05, 3.63) is 89.9 Å². The van der Waals surface area contributed by atoms with Crippen LogP contribution in [0.3, 0.4) is 0 Å². The SMILES string of the molecule is COC(=O)N[C@@H](C)C(=O)NC(=O)[C@@H]1CCCN1c1cc(-c2ncc(-c3ccc4nc([C@@H]5CCCN5C(=O)[C@@H](c5ccccc5)N(C)C)[nH]c4c3)o2)ccc1C. The number of alkyl carbamates (subject to hydrolysis) is 1. The van der Waals surface area contributed by atoms with Gasteiger partial charge in [-0.1, -0.05) is 36.4 Å². The number of benzene rings is 3. The molecule has 0 saturated carbocycles. The first-order chi connectivity index (χ1) is 26.5. The monoisotopic (exact) mass is 746 g/mol. The maximum Gasteiger partial charge on any atom is 0.407 e. The standard InChI is InChI=1S/C41H46N8O6/c1-24-15-16-28(22-33(24)48-19-10-14-32(48)38(51)46-37(50)25(2)43-41(53)54-5)39-42-23-34(55-39)27-17-18-29-30(21-27)45-36(44-29)31-13-9-20-49(31)40(52)35(47(3)4)26-11-7-6-8-12-26/h6-8,11-12,15-18,21-23,25,31-32,35H,9-10,13-14,19-20H2,1-5H3,(H,43,53)(H,44,45)(H,46,50,51)/t25-,31-,32-,35+/m0/s1. The Morgan fingerprint density at radius 3 is 2.51 bits per heavy atom. The number of hydrogen-bond acceptors (Lipinski definition) is 10. The van der Waals surface area contributed by atoms with Gasteiger partial charge in [-0.2, -0.15) is 0 Å². The number of oxazole rings is 1. The van der Waals surface area contributed by atoms with Crippen molar-refractivity contribution >= 4 is 40.5 Å². The molecule has 0 spiro atoms. The van der Waals surface area contributed by atoms with E-state index in [9.17, 15) is 19.2 Å². The predicted octanol–water partition coefficient (Wildman–Crippen LogP) is 5.52. The predicted molar refractivity (Wildman–Crippen MR) is 207 cm³/mol. The van der Waals surface area contributed by atoms with Crippen molar-refractivity contribution in [1.82, 2.24) is 35.4 Å². The number of carbonyl (C=O) groups is 4. The Hall–Kier alpha value is -6.02. The van der Waals surface area contributed by atoms with Crippen LogP contribution >= 0.6 is 0 Å². The molecule has 2 saturated heterocycles. The molecular formula is C41H46N8O6. The lowest BCUT2D eigenvalue weighted by Gasteiger charge is -2.31. The summed E-state index contributed by atoms with van der Waals surface area (Å²) in [5, 5.41) is 4.82. The van der Waals surface area contributed by atoms with Crippen LogP contribution in [0.15, 0.2) is 77.3 Å². The number of likely N-dealkylation sites (tertiary alicyclic amines) is 1. The maximum absolute atomic E-state index is 14.0. The van der Waals surface area contributed by atoms with Crippen molar-refractivity contribution in [2.24, 2.45) is 0 Å². The Kier molecular flexibility index (Phi) is 10.7. The van der Waals surface area contributed by atoms with Gasteiger partial charge in [0.15, 0.2) is 5.76 Å². The van der Waals surface area contributed by atoms with Gasteiger partial charge in [0, 0.05) is 29.9 Å². The summed E-state index contributed by atoms with van der Waals surface area (Å²) in [5.41, 5.74) is 5.96. The molecule has 7 rings (SSSR count). The van der Waals surface area contributed by atoms with Crippen LogP contribution in [0.25, 0.3) is 33.8 Å². The number of anilines is 1. The van der Waals surface area contributed by atoms with Crippen LogP contribution in [-0.4, -0.2) is 94.9 Å². The van der Waals surface area contributed by atoms with Gasteiger partial charge in [-0.05, 0) is 95.1 Å². The van der Waals surface area contributed by atoms with Gasteiger partial charge in [0.05, 0.1) is 30.4 Å². The number of carbonyl (C=O) groups excluding carboxylic acids is 4. The van der Waals surface area contributed by atoms with Gasteiger partial charge in [0.2, 0.25) is 23.6 Å². The zero-order valence-corrected chi connectivity index (χ0v) is 31.7. The van der Waals surface area contributed by atoms with Crippen LogP contribution in [0, 0.1) is 6.92 Å². The molecule has 5 aromatic rings. The lowest BCUT2D eigenvalue weighted by Crippen LogP contribution is -2.51. The number of methoxy groups -OCH3 is 1. The number of ether oxygens (including phenoxy) is 1. The largest absolute Gasteiger partial charge is 0.453 e. The summed E-state index contributed by atoms with van der Waals surface area (Å²) in [6.07, 6.45) is 4.00. The molecule has 2 aromatic heterocycles. The summed E-state index contributed by atoms with van der Waals surface area (Å²) < 4.78 is 10.9. The summed E-state index contributed by atoms with van der Waals surface area (Å²) in [5.74, 6) is 0.784. The first-order valence-corrected chi connectivity index (χ1v) is 18.6. The third kappa shape index (κ3) is 7.67. The first kappa shape index (κ1) is 37.3. The van der Waals surface area contributed by atoms with Crippen molar-refractivity contribution < 1.29 is 28.3 Å². The van der Waals surface area contributed by atoms with Crippen molar-refractivity contribution in [3.63, 3.8) is 0 Å². The molecule has 4 amide bonds. The van der Waals surface area contributed by atoms with Gasteiger partial charge < -0.3 is 29.3 Å². The number of nitrogens with zero attached hydrogens (tertiary/aromatic N) is 5. The number of aromatic nitrogens is 3. The van der Waals surface area contributed by atoms with Crippen molar-refractivity contribution in [2.45, 2.75) is 63.7 Å². The molecule has 0 aliphatic carbocycles. The van der Waals surface area contributed by atoms with E-state index < -0.39 is 30.0 Å². The molecule has 2 aliphatic heterocycles. The number of H-pyrrole nitrogens is 1. The fourth-order valence-corrected chi connectivity index (χ4v) is 7.64. The minimum Gasteiger partial charge on any atom is -0.453 e. The Morgan fingerprint density at radius 1 is 0.982 bits per heavy atom. The minimum absolute atomic E-state index is 0.0616. The number of rotatable bonds is 10. The van der Waals surface area contributed by atoms with E-state index in [2.05, 4.69) is 25.3 Å². The van der Waals surface area contributed by atoms with Crippen molar-refractivity contribution in [3.8, 4) is 22.8 Å². The third-order valence-corrected chi connectivity index (χ3v) is 10.5. The number of hydrogen-bond donors (Lipinski definition) is 3. The van der Waals surface area contributed by atoms with Crippen LogP contribution in [-0.2, 0) is 19.1 Å². The van der Waals surface area contributed by atoms with Crippen LogP contribution in [0.2, 0.25) is 0 Å². The Morgan fingerprint density at radius 2 is 1.75 bits per heavy atom. The summed E-state index contributed by atoms with van der Waals surface area (Å²) in [6, 6.07) is 19.5. The van der Waals surface area contributed by atoms with E-state index in [1.54, 1.807) is 6.20 Å². The molecule has 2 aliphatic rings. The summed E-state index contributed by atoms with van der Waals surface area (Å²) in [6.45, 7) is 4.76. The highest BCUT2D eigenvalue weighted by Crippen LogP contribution is 2.37. The first-order valence-electron chi connectivity index (χ1n) is 18.6. The van der Waals surface area contributed by atoms with E-state index in [1.807, 2.05) is 102 Å². The number of amides is 4. The molecule has 4 atom stereocenters. The summed E-state index contributed by atoms with van der Waals surface area (Å²) in [4.78, 5) is 70.4. The highest BCUT2D eigenvalue weighted by Gasteiger charge is 2.37. The molecule has 14 nitrogen and oxygen atoms in total. The normalized spacial score (nSPS) is 18.1. The number of nitrogens with one attached hydrogen (secondary N) is 3. The van der Waals surface area contributed by atoms with Gasteiger partial charge in [0.25, 0.3) is 0 Å². The number of likely N-dealkylation sites (N-methyl/N-ethyl adjacent to an activating group) is 1. The lowest BCUT2D eigenvalue weighted by atomic mass is 10.0. The summed E-state index contributed by atoms with van der Waals surface area (Å²) in [7, 11) is 5.07. The van der Waals surface area contributed by atoms with Crippen LogP contribution < -0.4 is 15.5 Å².